The van der Waals surface area contributed by atoms with E-state index in [4.69, 9.17) is 9.15 Å². The number of halogens is 1. The zero-order valence-corrected chi connectivity index (χ0v) is 19.3. The summed E-state index contributed by atoms with van der Waals surface area (Å²) >= 11 is 1.50. The predicted octanol–water partition coefficient (Wildman–Crippen LogP) is 4.72. The maximum Gasteiger partial charge on any atom is 0.336 e. The molecule has 2 aliphatic rings. The average Bonchev–Trinajstić information content (AvgIpc) is 3.41. The molecule has 176 valence electrons. The first-order valence-corrected chi connectivity index (χ1v) is 12.3. The van der Waals surface area contributed by atoms with Gasteiger partial charge in [-0.15, -0.1) is 11.8 Å². The molecule has 0 radical (unpaired) electrons. The van der Waals surface area contributed by atoms with E-state index in [1.54, 1.807) is 23.1 Å². The second-order valence-corrected chi connectivity index (χ2v) is 10.0. The number of carbonyl (C=O) groups excluding carboxylic acids is 2. The van der Waals surface area contributed by atoms with Crippen molar-refractivity contribution in [2.24, 2.45) is 0 Å². The lowest BCUT2D eigenvalue weighted by Crippen LogP contribution is -2.46. The monoisotopic (exact) mass is 489 g/mol. The highest BCUT2D eigenvalue weighted by molar-refractivity contribution is 8.00. The number of nitrogens with zero attached hydrogens (tertiary/aromatic N) is 1. The van der Waals surface area contributed by atoms with Crippen LogP contribution in [0.25, 0.3) is 21.7 Å². The van der Waals surface area contributed by atoms with Gasteiger partial charge in [-0.1, -0.05) is 42.5 Å². The van der Waals surface area contributed by atoms with Crippen LogP contribution in [0.2, 0.25) is 0 Å². The number of amides is 1. The number of hydrogen-bond acceptors (Lipinski definition) is 6. The van der Waals surface area contributed by atoms with Crippen molar-refractivity contribution in [2.45, 2.75) is 30.4 Å². The van der Waals surface area contributed by atoms with E-state index in [0.717, 1.165) is 16.3 Å². The van der Waals surface area contributed by atoms with Crippen molar-refractivity contribution in [3.63, 3.8) is 0 Å². The van der Waals surface area contributed by atoms with E-state index in [1.807, 2.05) is 30.3 Å². The number of esters is 1. The van der Waals surface area contributed by atoms with E-state index in [2.05, 4.69) is 0 Å². The van der Waals surface area contributed by atoms with Gasteiger partial charge in [0, 0.05) is 29.2 Å². The van der Waals surface area contributed by atoms with Crippen molar-refractivity contribution >= 4 is 45.4 Å². The third kappa shape index (κ3) is 3.51. The van der Waals surface area contributed by atoms with E-state index in [9.17, 15) is 18.8 Å². The molecule has 2 unspecified atom stereocenters. The summed E-state index contributed by atoms with van der Waals surface area (Å²) in [6, 6.07) is 18.0. The Morgan fingerprint density at radius 3 is 2.74 bits per heavy atom. The Kier molecular flexibility index (Phi) is 5.14. The molecule has 2 saturated heterocycles. The van der Waals surface area contributed by atoms with Gasteiger partial charge < -0.3 is 14.1 Å². The Bertz CT molecular complexity index is 1550. The Morgan fingerprint density at radius 2 is 1.91 bits per heavy atom. The van der Waals surface area contributed by atoms with Crippen LogP contribution in [-0.2, 0) is 25.8 Å². The van der Waals surface area contributed by atoms with Crippen molar-refractivity contribution in [1.29, 1.82) is 0 Å². The molecule has 0 spiro atoms. The molecule has 0 N–H and O–H groups in total. The van der Waals surface area contributed by atoms with Crippen LogP contribution in [0.15, 0.2) is 75.9 Å². The lowest BCUT2D eigenvalue weighted by Gasteiger charge is -2.33. The molecule has 6 rings (SSSR count). The molecule has 1 aromatic heterocycles. The lowest BCUT2D eigenvalue weighted by atomic mass is 10.0. The van der Waals surface area contributed by atoms with Crippen LogP contribution >= 0.6 is 11.8 Å². The fourth-order valence-corrected chi connectivity index (χ4v) is 6.84. The standard InChI is InChI=1S/C27H20FNO5S/c28-19-8-6-18(7-9-19)27-12-11-23(30)29(27)21(15-35-27)26(32)33-14-17-13-24(31)34-22-10-5-16-3-1-2-4-20(16)25(17)22/h1-10,13,21H,11-12,14-15H2. The van der Waals surface area contributed by atoms with E-state index in [1.165, 1.54) is 30.0 Å². The van der Waals surface area contributed by atoms with Crippen molar-refractivity contribution in [3.05, 3.63) is 94.1 Å². The number of thioether (sulfide) groups is 1. The van der Waals surface area contributed by atoms with E-state index in [0.29, 0.717) is 35.1 Å². The summed E-state index contributed by atoms with van der Waals surface area (Å²) in [7, 11) is 0. The number of fused-ring (bicyclic) bond motifs is 4. The van der Waals surface area contributed by atoms with Gasteiger partial charge in [-0.25, -0.2) is 14.0 Å². The maximum atomic E-state index is 13.5. The molecule has 35 heavy (non-hydrogen) atoms. The van der Waals surface area contributed by atoms with Crippen LogP contribution in [0.5, 0.6) is 0 Å². The molecular weight excluding hydrogens is 469 g/mol. The molecule has 1 amide bonds. The van der Waals surface area contributed by atoms with Gasteiger partial charge in [0.1, 0.15) is 28.9 Å². The summed E-state index contributed by atoms with van der Waals surface area (Å²) in [5.74, 6) is -0.633. The van der Waals surface area contributed by atoms with Crippen LogP contribution in [-0.4, -0.2) is 28.6 Å². The van der Waals surface area contributed by atoms with Crippen LogP contribution in [0.1, 0.15) is 24.0 Å². The van der Waals surface area contributed by atoms with Gasteiger partial charge in [0.15, 0.2) is 0 Å². The Labute approximate surface area is 203 Å². The molecular formula is C27H20FNO5S. The summed E-state index contributed by atoms with van der Waals surface area (Å²) in [6.45, 7) is -0.123. The molecule has 3 aromatic carbocycles. The van der Waals surface area contributed by atoms with Crippen LogP contribution < -0.4 is 5.63 Å². The number of benzene rings is 3. The number of hydrogen-bond donors (Lipinski definition) is 0. The first kappa shape index (κ1) is 21.9. The second-order valence-electron chi connectivity index (χ2n) is 8.74. The van der Waals surface area contributed by atoms with Crippen molar-refractivity contribution < 1.29 is 23.1 Å². The third-order valence-electron chi connectivity index (χ3n) is 6.78. The topological polar surface area (TPSA) is 76.8 Å². The third-order valence-corrected chi connectivity index (χ3v) is 8.38. The van der Waals surface area contributed by atoms with Crippen LogP contribution in [0.4, 0.5) is 4.39 Å². The van der Waals surface area contributed by atoms with Crippen molar-refractivity contribution in [3.8, 4) is 0 Å². The fraction of sp³-hybridized carbons (Fsp3) is 0.222. The van der Waals surface area contributed by atoms with Gasteiger partial charge >= 0.3 is 11.6 Å². The quantitative estimate of drug-likeness (QED) is 0.235. The van der Waals surface area contributed by atoms with Crippen LogP contribution in [0, 0.1) is 5.82 Å². The van der Waals surface area contributed by atoms with E-state index < -0.39 is 22.5 Å². The molecule has 6 nitrogen and oxygen atoms in total. The molecule has 0 saturated carbocycles. The predicted molar refractivity (Wildman–Crippen MR) is 130 cm³/mol. The smallest absolute Gasteiger partial charge is 0.336 e. The lowest BCUT2D eigenvalue weighted by molar-refractivity contribution is -0.155. The van der Waals surface area contributed by atoms with E-state index >= 15 is 0 Å². The van der Waals surface area contributed by atoms with Gasteiger partial charge in [0.25, 0.3) is 0 Å². The number of rotatable bonds is 4. The van der Waals surface area contributed by atoms with Gasteiger partial charge in [-0.2, -0.15) is 0 Å². The number of ether oxygens (including phenoxy) is 1. The minimum Gasteiger partial charge on any atom is -0.459 e. The summed E-state index contributed by atoms with van der Waals surface area (Å²) < 4.78 is 24.6. The van der Waals surface area contributed by atoms with Crippen molar-refractivity contribution in [1.82, 2.24) is 4.90 Å². The summed E-state index contributed by atoms with van der Waals surface area (Å²) in [5.41, 5.74) is 1.23. The van der Waals surface area contributed by atoms with Gasteiger partial charge in [-0.05, 0) is 41.0 Å². The molecule has 3 heterocycles. The second kappa shape index (κ2) is 8.23. The SMILES string of the molecule is O=C(OCc1cc(=O)oc2ccc3ccccc3c12)C1CSC2(c3ccc(F)cc3)CCC(=O)N12. The van der Waals surface area contributed by atoms with Gasteiger partial charge in [0.2, 0.25) is 5.91 Å². The molecule has 0 aliphatic carbocycles. The molecule has 4 aromatic rings. The fourth-order valence-electron chi connectivity index (χ4n) is 5.21. The highest BCUT2D eigenvalue weighted by Gasteiger charge is 2.57. The first-order valence-electron chi connectivity index (χ1n) is 11.3. The Morgan fingerprint density at radius 1 is 1.11 bits per heavy atom. The zero-order valence-electron chi connectivity index (χ0n) is 18.5. The number of carbonyl (C=O) groups is 2. The van der Waals surface area contributed by atoms with Crippen LogP contribution in [0.3, 0.4) is 0 Å². The molecule has 2 aliphatic heterocycles. The Balaban J connectivity index is 1.30. The van der Waals surface area contributed by atoms with Gasteiger partial charge in [0.05, 0.1) is 0 Å². The normalized spacial score (nSPS) is 21.6. The summed E-state index contributed by atoms with van der Waals surface area (Å²) in [4.78, 5) is 39.1. The first-order chi connectivity index (χ1) is 17.0. The maximum absolute atomic E-state index is 13.5. The minimum atomic E-state index is -0.761. The summed E-state index contributed by atoms with van der Waals surface area (Å²) in [5, 5.41) is 2.58. The average molecular weight is 490 g/mol. The Hall–Kier alpha value is -3.65. The van der Waals surface area contributed by atoms with Crippen molar-refractivity contribution in [2.75, 3.05) is 5.75 Å². The largest absolute Gasteiger partial charge is 0.459 e. The highest BCUT2D eigenvalue weighted by atomic mass is 32.2. The summed E-state index contributed by atoms with van der Waals surface area (Å²) in [6.07, 6.45) is 0.854. The minimum absolute atomic E-state index is 0.123. The van der Waals surface area contributed by atoms with Gasteiger partial charge in [-0.3, -0.25) is 4.79 Å². The zero-order chi connectivity index (χ0) is 24.2. The molecule has 2 atom stereocenters. The molecule has 0 bridgehead atoms. The molecule has 2 fully saturated rings. The van der Waals surface area contributed by atoms with E-state index in [-0.39, 0.29) is 18.3 Å². The highest BCUT2D eigenvalue weighted by Crippen LogP contribution is 2.54. The molecule has 8 heteroatoms.